The summed E-state index contributed by atoms with van der Waals surface area (Å²) in [6, 6.07) is 5.63. The molecule has 2 nitrogen and oxygen atoms in total. The highest BCUT2D eigenvalue weighted by atomic mass is 79.9. The summed E-state index contributed by atoms with van der Waals surface area (Å²) in [5.41, 5.74) is 1.43. The van der Waals surface area contributed by atoms with Gasteiger partial charge < -0.3 is 5.32 Å². The smallest absolute Gasteiger partial charge is 0.252 e. The van der Waals surface area contributed by atoms with Gasteiger partial charge in [0.1, 0.15) is 0 Å². The van der Waals surface area contributed by atoms with Crippen LogP contribution >= 0.6 is 31.9 Å². The molecule has 0 fully saturated rings. The summed E-state index contributed by atoms with van der Waals surface area (Å²) in [7, 11) is 0. The second kappa shape index (κ2) is 5.32. The summed E-state index contributed by atoms with van der Waals surface area (Å²) >= 11 is 6.80. The van der Waals surface area contributed by atoms with Crippen molar-refractivity contribution in [3.8, 4) is 0 Å². The van der Waals surface area contributed by atoms with Gasteiger partial charge in [-0.2, -0.15) is 0 Å². The third kappa shape index (κ3) is 3.32. The van der Waals surface area contributed by atoms with E-state index >= 15 is 0 Å². The Labute approximate surface area is 113 Å². The number of hydrogen-bond donors (Lipinski definition) is 1. The second-order valence-corrected chi connectivity index (χ2v) is 5.80. The average Bonchev–Trinajstić information content (AvgIpc) is 2.21. The van der Waals surface area contributed by atoms with Crippen LogP contribution in [0.5, 0.6) is 0 Å². The number of halogens is 2. The van der Waals surface area contributed by atoms with Crippen molar-refractivity contribution >= 4 is 37.8 Å². The zero-order valence-electron chi connectivity index (χ0n) is 9.60. The van der Waals surface area contributed by atoms with Crippen LogP contribution < -0.4 is 5.32 Å². The number of hydrogen-bond acceptors (Lipinski definition) is 1. The first-order valence-electron chi connectivity index (χ1n) is 5.01. The van der Waals surface area contributed by atoms with Gasteiger partial charge in [-0.05, 0) is 38.5 Å². The zero-order chi connectivity index (χ0) is 12.3. The Kier molecular flexibility index (Phi) is 4.56. The van der Waals surface area contributed by atoms with Gasteiger partial charge in [-0.3, -0.25) is 4.79 Å². The highest BCUT2D eigenvalue weighted by Gasteiger charge is 2.20. The molecule has 0 unspecified atom stereocenters. The molecule has 0 heterocycles. The lowest BCUT2D eigenvalue weighted by atomic mass is 10.0. The van der Waals surface area contributed by atoms with E-state index in [-0.39, 0.29) is 11.4 Å². The maximum absolute atomic E-state index is 12.0. The van der Waals surface area contributed by atoms with Gasteiger partial charge in [0, 0.05) is 20.9 Å². The summed E-state index contributed by atoms with van der Waals surface area (Å²) in [5.74, 6) is -0.0387. The maximum atomic E-state index is 12.0. The fourth-order valence-electron chi connectivity index (χ4n) is 1.26. The standard InChI is InChI=1S/C12H15Br2NO/c1-8-9(5-4-6-10(8)14)11(16)15-12(2,3)7-13/h4-6H,7H2,1-3H3,(H,15,16). The molecule has 1 aromatic rings. The van der Waals surface area contributed by atoms with Crippen LogP contribution in [-0.2, 0) is 0 Å². The van der Waals surface area contributed by atoms with Crippen molar-refractivity contribution < 1.29 is 4.79 Å². The molecule has 0 saturated carbocycles. The van der Waals surface area contributed by atoms with Crippen molar-refractivity contribution in [2.45, 2.75) is 26.3 Å². The highest BCUT2D eigenvalue weighted by molar-refractivity contribution is 9.10. The lowest BCUT2D eigenvalue weighted by molar-refractivity contribution is 0.0920. The van der Waals surface area contributed by atoms with Crippen LogP contribution in [0.3, 0.4) is 0 Å². The van der Waals surface area contributed by atoms with Crippen LogP contribution in [0.1, 0.15) is 29.8 Å². The SMILES string of the molecule is Cc1c(Br)cccc1C(=O)NC(C)(C)CBr. The molecule has 16 heavy (non-hydrogen) atoms. The van der Waals surface area contributed by atoms with E-state index in [4.69, 9.17) is 0 Å². The van der Waals surface area contributed by atoms with Crippen LogP contribution in [0, 0.1) is 6.92 Å². The van der Waals surface area contributed by atoms with E-state index in [0.29, 0.717) is 5.56 Å². The van der Waals surface area contributed by atoms with Crippen molar-refractivity contribution in [2.24, 2.45) is 0 Å². The minimum atomic E-state index is -0.244. The van der Waals surface area contributed by atoms with Gasteiger partial charge in [-0.25, -0.2) is 0 Å². The number of alkyl halides is 1. The van der Waals surface area contributed by atoms with E-state index in [1.54, 1.807) is 0 Å². The largest absolute Gasteiger partial charge is 0.346 e. The Morgan fingerprint density at radius 2 is 2.06 bits per heavy atom. The molecule has 1 rings (SSSR count). The van der Waals surface area contributed by atoms with E-state index in [0.717, 1.165) is 15.4 Å². The molecule has 0 radical (unpaired) electrons. The Bertz CT molecular complexity index is 402. The molecular weight excluding hydrogens is 334 g/mol. The van der Waals surface area contributed by atoms with Crippen molar-refractivity contribution in [2.75, 3.05) is 5.33 Å². The minimum absolute atomic E-state index is 0.0387. The number of nitrogens with one attached hydrogen (secondary N) is 1. The predicted octanol–water partition coefficient (Wildman–Crippen LogP) is 3.66. The van der Waals surface area contributed by atoms with E-state index in [2.05, 4.69) is 37.2 Å². The first-order valence-corrected chi connectivity index (χ1v) is 6.92. The minimum Gasteiger partial charge on any atom is -0.346 e. The highest BCUT2D eigenvalue weighted by Crippen LogP contribution is 2.20. The van der Waals surface area contributed by atoms with E-state index < -0.39 is 0 Å². The van der Waals surface area contributed by atoms with Crippen molar-refractivity contribution in [1.82, 2.24) is 5.32 Å². The predicted molar refractivity (Wildman–Crippen MR) is 74.2 cm³/mol. The van der Waals surface area contributed by atoms with Gasteiger partial charge in [0.15, 0.2) is 0 Å². The van der Waals surface area contributed by atoms with Gasteiger partial charge in [0.05, 0.1) is 0 Å². The van der Waals surface area contributed by atoms with Gasteiger partial charge in [0.2, 0.25) is 0 Å². The van der Waals surface area contributed by atoms with Crippen molar-refractivity contribution in [1.29, 1.82) is 0 Å². The maximum Gasteiger partial charge on any atom is 0.252 e. The third-order valence-corrected chi connectivity index (χ3v) is 4.56. The topological polar surface area (TPSA) is 29.1 Å². The number of carbonyl (C=O) groups is 1. The van der Waals surface area contributed by atoms with Gasteiger partial charge in [-0.1, -0.05) is 37.9 Å². The number of benzene rings is 1. The molecule has 1 N–H and O–H groups in total. The molecule has 0 spiro atoms. The lowest BCUT2D eigenvalue weighted by Gasteiger charge is -2.24. The fraction of sp³-hybridized carbons (Fsp3) is 0.417. The molecule has 1 aromatic carbocycles. The fourth-order valence-corrected chi connectivity index (χ4v) is 1.77. The Balaban J connectivity index is 2.94. The second-order valence-electron chi connectivity index (χ2n) is 4.38. The van der Waals surface area contributed by atoms with Crippen LogP contribution in [-0.4, -0.2) is 16.8 Å². The monoisotopic (exact) mass is 347 g/mol. The van der Waals surface area contributed by atoms with Crippen LogP contribution in [0.2, 0.25) is 0 Å². The lowest BCUT2D eigenvalue weighted by Crippen LogP contribution is -2.44. The molecule has 4 heteroatoms. The van der Waals surface area contributed by atoms with Gasteiger partial charge in [0.25, 0.3) is 5.91 Å². The van der Waals surface area contributed by atoms with Crippen LogP contribution in [0.15, 0.2) is 22.7 Å². The number of amides is 1. The average molecular weight is 349 g/mol. The Morgan fingerprint density at radius 1 is 1.44 bits per heavy atom. The Hall–Kier alpha value is -0.350. The van der Waals surface area contributed by atoms with E-state index in [9.17, 15) is 4.79 Å². The van der Waals surface area contributed by atoms with Gasteiger partial charge in [-0.15, -0.1) is 0 Å². The molecule has 0 saturated heterocycles. The van der Waals surface area contributed by atoms with Crippen molar-refractivity contribution in [3.63, 3.8) is 0 Å². The molecule has 1 amide bonds. The molecule has 0 bridgehead atoms. The molecule has 0 aliphatic rings. The van der Waals surface area contributed by atoms with E-state index in [1.165, 1.54) is 0 Å². The summed E-state index contributed by atoms with van der Waals surface area (Å²) in [4.78, 5) is 12.0. The molecule has 0 aliphatic heterocycles. The summed E-state index contributed by atoms with van der Waals surface area (Å²) in [6.45, 7) is 5.89. The summed E-state index contributed by atoms with van der Waals surface area (Å²) < 4.78 is 0.955. The molecule has 88 valence electrons. The molecule has 0 aliphatic carbocycles. The first-order chi connectivity index (χ1) is 7.37. The summed E-state index contributed by atoms with van der Waals surface area (Å²) in [5, 5.41) is 3.70. The first kappa shape index (κ1) is 13.7. The number of rotatable bonds is 3. The number of carbonyl (C=O) groups excluding carboxylic acids is 1. The third-order valence-electron chi connectivity index (χ3n) is 2.30. The zero-order valence-corrected chi connectivity index (χ0v) is 12.8. The molecule has 0 aromatic heterocycles. The van der Waals surface area contributed by atoms with Crippen LogP contribution in [0.4, 0.5) is 0 Å². The molecule has 0 atom stereocenters. The van der Waals surface area contributed by atoms with Crippen LogP contribution in [0.25, 0.3) is 0 Å². The van der Waals surface area contributed by atoms with Gasteiger partial charge >= 0.3 is 0 Å². The normalized spacial score (nSPS) is 11.3. The summed E-state index contributed by atoms with van der Waals surface area (Å²) in [6.07, 6.45) is 0. The van der Waals surface area contributed by atoms with E-state index in [1.807, 2.05) is 39.0 Å². The molecular formula is C12H15Br2NO. The Morgan fingerprint density at radius 3 is 2.62 bits per heavy atom. The van der Waals surface area contributed by atoms with Crippen molar-refractivity contribution in [3.05, 3.63) is 33.8 Å². The quantitative estimate of drug-likeness (QED) is 0.830.